The average molecular weight is 413 g/mol. The summed E-state index contributed by atoms with van der Waals surface area (Å²) in [6.45, 7) is 4.54. The summed E-state index contributed by atoms with van der Waals surface area (Å²) in [7, 11) is 0. The molecule has 0 aliphatic heterocycles. The molecule has 0 heterocycles. The van der Waals surface area contributed by atoms with Gasteiger partial charge in [-0.2, -0.15) is 0 Å². The van der Waals surface area contributed by atoms with Crippen molar-refractivity contribution in [2.24, 2.45) is 39.9 Å². The van der Waals surface area contributed by atoms with Gasteiger partial charge in [0, 0.05) is 17.8 Å². The number of ketones is 2. The number of aliphatic hydroxyl groups excluding tert-OH is 1. The van der Waals surface area contributed by atoms with Gasteiger partial charge in [0.2, 0.25) is 0 Å². The monoisotopic (exact) mass is 412 g/mol. The van der Waals surface area contributed by atoms with Crippen LogP contribution in [0.3, 0.4) is 0 Å². The molecule has 5 rings (SSSR count). The Morgan fingerprint density at radius 1 is 1.13 bits per heavy atom. The first-order chi connectivity index (χ1) is 14.1. The number of Topliss-reactive ketones (excluding diaryl/α,β-unsaturated/α-hetero) is 1. The zero-order valence-electron chi connectivity index (χ0n) is 17.9. The third kappa shape index (κ3) is 2.60. The van der Waals surface area contributed by atoms with Crippen LogP contribution in [-0.2, 0) is 14.4 Å². The van der Waals surface area contributed by atoms with E-state index in [1.165, 1.54) is 5.57 Å². The van der Waals surface area contributed by atoms with E-state index < -0.39 is 17.5 Å². The van der Waals surface area contributed by atoms with Crippen LogP contribution in [0.5, 0.6) is 0 Å². The molecule has 2 N–H and O–H groups in total. The predicted molar refractivity (Wildman–Crippen MR) is 110 cm³/mol. The second-order valence-electron chi connectivity index (χ2n) is 11.1. The van der Waals surface area contributed by atoms with Crippen molar-refractivity contribution in [2.75, 3.05) is 0 Å². The summed E-state index contributed by atoms with van der Waals surface area (Å²) in [6, 6.07) is 0. The highest BCUT2D eigenvalue weighted by Crippen LogP contribution is 2.66. The van der Waals surface area contributed by atoms with Crippen LogP contribution in [0.1, 0.15) is 65.2 Å². The lowest BCUT2D eigenvalue weighted by Crippen LogP contribution is -2.50. The number of aliphatic hydroxyl groups is 1. The van der Waals surface area contributed by atoms with E-state index in [2.05, 4.69) is 19.9 Å². The zero-order valence-corrected chi connectivity index (χ0v) is 17.9. The molecule has 0 spiro atoms. The van der Waals surface area contributed by atoms with E-state index in [1.807, 2.05) is 6.08 Å². The van der Waals surface area contributed by atoms with Crippen molar-refractivity contribution in [3.05, 3.63) is 23.8 Å². The molecule has 5 aliphatic carbocycles. The SMILES string of the molecule is C[C@]12C=CC(=O)C=C1CCC1C2CC[C@@]2(C)C1CC[C@@H]2C(=O)CC1(C(=O)O)CC1O. The summed E-state index contributed by atoms with van der Waals surface area (Å²) >= 11 is 0. The first-order valence-corrected chi connectivity index (χ1v) is 11.5. The van der Waals surface area contributed by atoms with Crippen molar-refractivity contribution in [1.29, 1.82) is 0 Å². The van der Waals surface area contributed by atoms with E-state index in [9.17, 15) is 24.6 Å². The number of hydrogen-bond donors (Lipinski definition) is 2. The van der Waals surface area contributed by atoms with Crippen LogP contribution in [0.2, 0.25) is 0 Å². The van der Waals surface area contributed by atoms with Gasteiger partial charge in [0.05, 0.1) is 6.10 Å². The topological polar surface area (TPSA) is 91.7 Å². The summed E-state index contributed by atoms with van der Waals surface area (Å²) < 4.78 is 0. The van der Waals surface area contributed by atoms with Gasteiger partial charge in [-0.25, -0.2) is 0 Å². The average Bonchev–Trinajstić information content (AvgIpc) is 3.19. The van der Waals surface area contributed by atoms with Crippen molar-refractivity contribution in [3.8, 4) is 0 Å². The maximum Gasteiger partial charge on any atom is 0.312 e. The number of fused-ring (bicyclic) bond motifs is 5. The van der Waals surface area contributed by atoms with E-state index in [1.54, 1.807) is 6.08 Å². The molecule has 5 heteroatoms. The molecule has 0 amide bonds. The molecule has 5 nitrogen and oxygen atoms in total. The Balaban J connectivity index is 1.38. The fraction of sp³-hybridized carbons (Fsp3) is 0.720. The number of aliphatic carboxylic acids is 1. The van der Waals surface area contributed by atoms with Crippen molar-refractivity contribution >= 4 is 17.5 Å². The van der Waals surface area contributed by atoms with E-state index in [-0.39, 0.29) is 41.2 Å². The Bertz CT molecular complexity index is 886. The summed E-state index contributed by atoms with van der Waals surface area (Å²) in [5.74, 6) is 0.530. The quantitative estimate of drug-likeness (QED) is 0.734. The number of rotatable bonds is 4. The van der Waals surface area contributed by atoms with Crippen LogP contribution in [0.4, 0.5) is 0 Å². The Morgan fingerprint density at radius 3 is 2.53 bits per heavy atom. The number of carboxylic acids is 1. The lowest BCUT2D eigenvalue weighted by Gasteiger charge is -2.57. The van der Waals surface area contributed by atoms with Gasteiger partial charge in [-0.3, -0.25) is 14.4 Å². The van der Waals surface area contributed by atoms with Crippen LogP contribution in [0, 0.1) is 39.9 Å². The summed E-state index contributed by atoms with van der Waals surface area (Å²) in [5, 5.41) is 19.4. The Hall–Kier alpha value is -1.75. The summed E-state index contributed by atoms with van der Waals surface area (Å²) in [6.07, 6.45) is 10.9. The largest absolute Gasteiger partial charge is 0.481 e. The first-order valence-electron chi connectivity index (χ1n) is 11.5. The second kappa shape index (κ2) is 6.38. The van der Waals surface area contributed by atoms with Gasteiger partial charge >= 0.3 is 5.97 Å². The minimum atomic E-state index is -1.24. The van der Waals surface area contributed by atoms with Gasteiger partial charge in [-0.1, -0.05) is 25.5 Å². The van der Waals surface area contributed by atoms with Crippen LogP contribution in [0.15, 0.2) is 23.8 Å². The Labute approximate surface area is 177 Å². The lowest BCUT2D eigenvalue weighted by atomic mass is 9.47. The smallest absolute Gasteiger partial charge is 0.312 e. The molecule has 0 aromatic carbocycles. The fourth-order valence-electron chi connectivity index (χ4n) is 7.94. The van der Waals surface area contributed by atoms with E-state index in [0.29, 0.717) is 17.8 Å². The summed E-state index contributed by atoms with van der Waals surface area (Å²) in [5.41, 5.74) is -0.0910. The molecule has 0 aromatic rings. The van der Waals surface area contributed by atoms with E-state index >= 15 is 0 Å². The maximum absolute atomic E-state index is 13.3. The molecule has 30 heavy (non-hydrogen) atoms. The molecule has 4 fully saturated rings. The molecule has 4 saturated carbocycles. The molecule has 8 atom stereocenters. The minimum absolute atomic E-state index is 0.0278. The molecular weight excluding hydrogens is 380 g/mol. The Morgan fingerprint density at radius 2 is 1.87 bits per heavy atom. The van der Waals surface area contributed by atoms with Gasteiger partial charge < -0.3 is 10.2 Å². The maximum atomic E-state index is 13.3. The van der Waals surface area contributed by atoms with Crippen LogP contribution >= 0.6 is 0 Å². The summed E-state index contributed by atoms with van der Waals surface area (Å²) in [4.78, 5) is 36.8. The molecule has 0 aromatic heterocycles. The molecule has 0 bridgehead atoms. The van der Waals surface area contributed by atoms with E-state index in [0.717, 1.165) is 38.5 Å². The molecule has 0 saturated heterocycles. The Kier molecular flexibility index (Phi) is 4.29. The van der Waals surface area contributed by atoms with Crippen molar-refractivity contribution in [2.45, 2.75) is 71.3 Å². The number of carbonyl (C=O) groups is 3. The van der Waals surface area contributed by atoms with Gasteiger partial charge in [0.15, 0.2) is 5.78 Å². The molecule has 162 valence electrons. The third-order valence-corrected chi connectivity index (χ3v) is 9.90. The standard InChI is InChI=1S/C25H32O5/c1-23-9-7-15(26)11-14(23)3-4-16-17-5-6-19(24(17,2)10-8-18(16)23)20(27)12-25(22(29)30)13-21(25)28/h7,9,11,16-19,21,28H,3-6,8,10,12-13H2,1-2H3,(H,29,30)/t16?,17?,18?,19-,21?,23+,24+,25?/m1/s1. The van der Waals surface area contributed by atoms with Gasteiger partial charge in [0.25, 0.3) is 0 Å². The number of allylic oxidation sites excluding steroid dienone is 4. The third-order valence-electron chi connectivity index (χ3n) is 9.90. The highest BCUT2D eigenvalue weighted by molar-refractivity contribution is 6.01. The number of carboxylic acid groups (broad SMARTS) is 1. The van der Waals surface area contributed by atoms with Crippen molar-refractivity contribution < 1.29 is 24.6 Å². The molecule has 5 aliphatic rings. The van der Waals surface area contributed by atoms with Gasteiger partial charge in [-0.15, -0.1) is 0 Å². The fourth-order valence-corrected chi connectivity index (χ4v) is 7.94. The number of hydrogen-bond acceptors (Lipinski definition) is 4. The van der Waals surface area contributed by atoms with Crippen molar-refractivity contribution in [1.82, 2.24) is 0 Å². The van der Waals surface area contributed by atoms with Crippen LogP contribution in [0.25, 0.3) is 0 Å². The van der Waals surface area contributed by atoms with Gasteiger partial charge in [-0.05, 0) is 80.3 Å². The zero-order chi connectivity index (χ0) is 21.5. The first kappa shape index (κ1) is 20.2. The van der Waals surface area contributed by atoms with E-state index in [4.69, 9.17) is 0 Å². The molecule has 0 radical (unpaired) electrons. The number of carbonyl (C=O) groups excluding carboxylic acids is 2. The minimum Gasteiger partial charge on any atom is -0.481 e. The normalized spacial score (nSPS) is 49.0. The van der Waals surface area contributed by atoms with Crippen LogP contribution in [-0.4, -0.2) is 33.9 Å². The highest BCUT2D eigenvalue weighted by Gasteiger charge is 2.64. The lowest BCUT2D eigenvalue weighted by molar-refractivity contribution is -0.148. The predicted octanol–water partition coefficient (Wildman–Crippen LogP) is 3.71. The molecular formula is C25H32O5. The van der Waals surface area contributed by atoms with Gasteiger partial charge in [0.1, 0.15) is 11.2 Å². The highest BCUT2D eigenvalue weighted by atomic mass is 16.4. The second-order valence-corrected chi connectivity index (χ2v) is 11.1. The van der Waals surface area contributed by atoms with Crippen LogP contribution < -0.4 is 0 Å². The van der Waals surface area contributed by atoms with Crippen molar-refractivity contribution in [3.63, 3.8) is 0 Å². The molecule has 5 unspecified atom stereocenters.